The number of halogens is 1. The van der Waals surface area contributed by atoms with Gasteiger partial charge in [0.1, 0.15) is 0 Å². The van der Waals surface area contributed by atoms with Gasteiger partial charge in [-0.2, -0.15) is 11.8 Å². The van der Waals surface area contributed by atoms with Crippen LogP contribution >= 0.6 is 11.8 Å². The molecule has 3 rings (SSSR count). The van der Waals surface area contributed by atoms with Crippen molar-refractivity contribution >= 4 is 23.5 Å². The summed E-state index contributed by atoms with van der Waals surface area (Å²) in [7, 11) is 0. The molecule has 0 bridgehead atoms. The molecule has 0 spiro atoms. The van der Waals surface area contributed by atoms with Gasteiger partial charge in [-0.05, 0) is 44.1 Å². The first-order valence-electron chi connectivity index (χ1n) is 10.3. The molecule has 1 unspecified atom stereocenters. The van der Waals surface area contributed by atoms with E-state index in [-0.39, 0.29) is 16.6 Å². The molecule has 6 nitrogen and oxygen atoms in total. The minimum Gasteiger partial charge on any atom is -0.381 e. The molecule has 156 valence electrons. The van der Waals surface area contributed by atoms with Gasteiger partial charge in [-0.15, -0.1) is 0 Å². The monoisotopic (exact) mass is 409 g/mol. The number of guanidine groups is 1. The lowest BCUT2D eigenvalue weighted by molar-refractivity contribution is 0.0793. The smallest absolute Gasteiger partial charge is 0.191 e. The highest BCUT2D eigenvalue weighted by molar-refractivity contribution is 8.00. The lowest BCUT2D eigenvalue weighted by Gasteiger charge is -2.35. The molecule has 2 N–H and O–H groups in total. The van der Waals surface area contributed by atoms with Crippen molar-refractivity contribution < 1.29 is 9.13 Å². The minimum atomic E-state index is -0.262. The van der Waals surface area contributed by atoms with Gasteiger partial charge in [0.2, 0.25) is 0 Å². The normalized spacial score (nSPS) is 22.3. The van der Waals surface area contributed by atoms with Crippen molar-refractivity contribution in [1.82, 2.24) is 15.6 Å². The molecule has 3 heterocycles. The third-order valence-corrected chi connectivity index (χ3v) is 6.73. The maximum absolute atomic E-state index is 14.0. The third-order valence-electron chi connectivity index (χ3n) is 5.29. The highest BCUT2D eigenvalue weighted by Gasteiger charge is 2.33. The Labute approximate surface area is 171 Å². The van der Waals surface area contributed by atoms with Gasteiger partial charge in [0.15, 0.2) is 17.6 Å². The molecule has 0 aromatic carbocycles. The number of nitrogens with zero attached hydrogens (tertiary/aromatic N) is 3. The van der Waals surface area contributed by atoms with Crippen molar-refractivity contribution in [3.8, 4) is 0 Å². The summed E-state index contributed by atoms with van der Waals surface area (Å²) >= 11 is 2.00. The van der Waals surface area contributed by atoms with Crippen LogP contribution in [0.15, 0.2) is 23.3 Å². The van der Waals surface area contributed by atoms with Gasteiger partial charge >= 0.3 is 0 Å². The van der Waals surface area contributed by atoms with E-state index in [1.54, 1.807) is 12.3 Å². The van der Waals surface area contributed by atoms with Crippen LogP contribution in [0.2, 0.25) is 0 Å². The van der Waals surface area contributed by atoms with Crippen LogP contribution in [0.4, 0.5) is 10.2 Å². The van der Waals surface area contributed by atoms with Gasteiger partial charge in [-0.1, -0.05) is 6.92 Å². The molecule has 0 amide bonds. The van der Waals surface area contributed by atoms with Crippen LogP contribution in [0.25, 0.3) is 0 Å². The fraction of sp³-hybridized carbons (Fsp3) is 0.700. The summed E-state index contributed by atoms with van der Waals surface area (Å²) in [5, 5.41) is 6.91. The number of hydrogen-bond donors (Lipinski definition) is 2. The fourth-order valence-electron chi connectivity index (χ4n) is 3.81. The lowest BCUT2D eigenvalue weighted by atomic mass is 9.99. The Hall–Kier alpha value is -1.54. The first-order valence-corrected chi connectivity index (χ1v) is 11.3. The standard InChI is InChI=1S/C20H32FN5OS/c1-3-22-19(24-15-20(28-4-2)8-12-27-13-9-20)25-16-7-11-26(14-16)18-17(21)6-5-10-23-18/h5-6,10,16H,3-4,7-9,11-15H2,1-2H3,(H2,22,24,25). The van der Waals surface area contributed by atoms with Gasteiger partial charge in [0.25, 0.3) is 0 Å². The Morgan fingerprint density at radius 3 is 2.96 bits per heavy atom. The molecule has 0 radical (unpaired) electrons. The number of nitrogens with one attached hydrogen (secondary N) is 2. The van der Waals surface area contributed by atoms with Crippen molar-refractivity contribution in [3.63, 3.8) is 0 Å². The van der Waals surface area contributed by atoms with Gasteiger partial charge in [-0.3, -0.25) is 4.99 Å². The zero-order valence-electron chi connectivity index (χ0n) is 16.9. The first-order chi connectivity index (χ1) is 13.7. The molecule has 2 aliphatic heterocycles. The summed E-state index contributed by atoms with van der Waals surface area (Å²) in [5.74, 6) is 2.11. The van der Waals surface area contributed by atoms with E-state index >= 15 is 0 Å². The van der Waals surface area contributed by atoms with E-state index < -0.39 is 0 Å². The van der Waals surface area contributed by atoms with Crippen LogP contribution in [-0.4, -0.2) is 66.9 Å². The Morgan fingerprint density at radius 2 is 2.25 bits per heavy atom. The van der Waals surface area contributed by atoms with Crippen LogP contribution in [0, 0.1) is 5.82 Å². The Bertz CT molecular complexity index is 648. The van der Waals surface area contributed by atoms with E-state index in [9.17, 15) is 4.39 Å². The van der Waals surface area contributed by atoms with Crippen LogP contribution in [-0.2, 0) is 4.74 Å². The zero-order chi connectivity index (χ0) is 19.8. The van der Waals surface area contributed by atoms with Gasteiger partial charge in [0.05, 0.1) is 6.54 Å². The van der Waals surface area contributed by atoms with Crippen LogP contribution in [0.5, 0.6) is 0 Å². The number of ether oxygens (including phenoxy) is 1. The molecule has 0 saturated carbocycles. The highest BCUT2D eigenvalue weighted by atomic mass is 32.2. The summed E-state index contributed by atoms with van der Waals surface area (Å²) in [6.45, 7) is 9.04. The summed E-state index contributed by atoms with van der Waals surface area (Å²) < 4.78 is 19.8. The molecule has 2 saturated heterocycles. The molecule has 0 aliphatic carbocycles. The van der Waals surface area contributed by atoms with E-state index in [0.29, 0.717) is 5.82 Å². The summed E-state index contributed by atoms with van der Waals surface area (Å²) in [5.41, 5.74) is 0. The number of anilines is 1. The van der Waals surface area contributed by atoms with E-state index in [2.05, 4.69) is 29.5 Å². The molecule has 1 aromatic rings. The molecule has 1 atom stereocenters. The first kappa shape index (κ1) is 21.2. The topological polar surface area (TPSA) is 61.8 Å². The number of aliphatic imine (C=N–C) groups is 1. The van der Waals surface area contributed by atoms with E-state index in [4.69, 9.17) is 9.73 Å². The van der Waals surface area contributed by atoms with Gasteiger partial charge in [0, 0.05) is 49.8 Å². The van der Waals surface area contributed by atoms with Crippen LogP contribution < -0.4 is 15.5 Å². The largest absolute Gasteiger partial charge is 0.381 e. The molecule has 2 fully saturated rings. The SMILES string of the molecule is CCNC(=NCC1(SCC)CCOCC1)NC1CCN(c2ncccc2F)C1. The van der Waals surface area contributed by atoms with Crippen molar-refractivity contribution in [2.45, 2.75) is 43.9 Å². The second-order valence-corrected chi connectivity index (χ2v) is 9.04. The van der Waals surface area contributed by atoms with E-state index in [0.717, 1.165) is 70.4 Å². The number of rotatable bonds is 7. The zero-order valence-corrected chi connectivity index (χ0v) is 17.7. The summed E-state index contributed by atoms with van der Waals surface area (Å²) in [6.07, 6.45) is 4.67. The molecule has 28 heavy (non-hydrogen) atoms. The van der Waals surface area contributed by atoms with Crippen molar-refractivity contribution in [1.29, 1.82) is 0 Å². The quantitative estimate of drug-likeness (QED) is 0.533. The fourth-order valence-corrected chi connectivity index (χ4v) is 5.04. The van der Waals surface area contributed by atoms with E-state index in [1.165, 1.54) is 6.07 Å². The second-order valence-electron chi connectivity index (χ2n) is 7.31. The van der Waals surface area contributed by atoms with Crippen molar-refractivity contribution in [3.05, 3.63) is 24.1 Å². The average molecular weight is 410 g/mol. The predicted molar refractivity (Wildman–Crippen MR) is 115 cm³/mol. The van der Waals surface area contributed by atoms with E-state index in [1.807, 2.05) is 16.7 Å². The van der Waals surface area contributed by atoms with Crippen LogP contribution in [0.3, 0.4) is 0 Å². The van der Waals surface area contributed by atoms with Gasteiger partial charge in [-0.25, -0.2) is 9.37 Å². The molecular weight excluding hydrogens is 377 g/mol. The highest BCUT2D eigenvalue weighted by Crippen LogP contribution is 2.35. The Kier molecular flexibility index (Phi) is 7.79. The Balaban J connectivity index is 1.61. The van der Waals surface area contributed by atoms with Crippen molar-refractivity contribution in [2.75, 3.05) is 50.0 Å². The molecular formula is C20H32FN5OS. The van der Waals surface area contributed by atoms with Crippen LogP contribution in [0.1, 0.15) is 33.1 Å². The number of aromatic nitrogens is 1. The third kappa shape index (κ3) is 5.50. The maximum atomic E-state index is 14.0. The summed E-state index contributed by atoms with van der Waals surface area (Å²) in [4.78, 5) is 11.1. The molecule has 1 aromatic heterocycles. The predicted octanol–water partition coefficient (Wildman–Crippen LogP) is 2.66. The second kappa shape index (κ2) is 10.3. The molecule has 8 heteroatoms. The maximum Gasteiger partial charge on any atom is 0.191 e. The average Bonchev–Trinajstić information content (AvgIpc) is 3.16. The molecule has 2 aliphatic rings. The van der Waals surface area contributed by atoms with Crippen molar-refractivity contribution in [2.24, 2.45) is 4.99 Å². The summed E-state index contributed by atoms with van der Waals surface area (Å²) in [6, 6.07) is 3.32. The Morgan fingerprint density at radius 1 is 1.43 bits per heavy atom. The van der Waals surface area contributed by atoms with Gasteiger partial charge < -0.3 is 20.3 Å². The number of pyridine rings is 1. The number of thioether (sulfide) groups is 1. The number of hydrogen-bond acceptors (Lipinski definition) is 5. The lowest BCUT2D eigenvalue weighted by Crippen LogP contribution is -2.46. The minimum absolute atomic E-state index is 0.175.